The first kappa shape index (κ1) is 12.8. The largest absolute Gasteiger partial charge is 0.486 e. The van der Waals surface area contributed by atoms with Gasteiger partial charge in [-0.3, -0.25) is 0 Å². The summed E-state index contributed by atoms with van der Waals surface area (Å²) in [6.45, 7) is 5.67. The lowest BCUT2D eigenvalue weighted by Crippen LogP contribution is -2.23. The number of benzene rings is 1. The topological polar surface area (TPSA) is 30.5 Å². The van der Waals surface area contributed by atoms with Gasteiger partial charge in [-0.1, -0.05) is 25.5 Å². The second-order valence-corrected chi connectivity index (χ2v) is 5.86. The second-order valence-electron chi connectivity index (χ2n) is 5.86. The Balaban J connectivity index is 1.55. The van der Waals surface area contributed by atoms with Crippen LogP contribution in [-0.2, 0) is 6.54 Å². The number of fused-ring (bicyclic) bond motifs is 1. The van der Waals surface area contributed by atoms with Crippen LogP contribution < -0.4 is 14.8 Å². The average molecular weight is 261 g/mol. The molecule has 0 radical (unpaired) electrons. The predicted octanol–water partition coefficient (Wildman–Crippen LogP) is 2.98. The number of nitrogens with one attached hydrogen (secondary N) is 1. The van der Waals surface area contributed by atoms with E-state index in [1.165, 1.54) is 24.8 Å². The SMILES string of the molecule is CC1CCC(CNCc2cccc3c2OCCO3)C1. The molecule has 1 N–H and O–H groups in total. The molecule has 19 heavy (non-hydrogen) atoms. The van der Waals surface area contributed by atoms with Crippen LogP contribution in [0.25, 0.3) is 0 Å². The van der Waals surface area contributed by atoms with E-state index in [0.717, 1.165) is 36.4 Å². The van der Waals surface area contributed by atoms with E-state index in [1.54, 1.807) is 0 Å². The molecular formula is C16H23NO2. The van der Waals surface area contributed by atoms with Gasteiger partial charge >= 0.3 is 0 Å². The fourth-order valence-electron chi connectivity index (χ4n) is 3.19. The maximum atomic E-state index is 5.73. The number of hydrogen-bond acceptors (Lipinski definition) is 3. The highest BCUT2D eigenvalue weighted by atomic mass is 16.6. The molecule has 1 aromatic rings. The third kappa shape index (κ3) is 3.03. The highest BCUT2D eigenvalue weighted by molar-refractivity contribution is 5.47. The van der Waals surface area contributed by atoms with Gasteiger partial charge in [0.2, 0.25) is 0 Å². The molecule has 1 fully saturated rings. The lowest BCUT2D eigenvalue weighted by molar-refractivity contribution is 0.169. The molecule has 1 heterocycles. The van der Waals surface area contributed by atoms with Crippen molar-refractivity contribution >= 4 is 0 Å². The summed E-state index contributed by atoms with van der Waals surface area (Å²) in [6, 6.07) is 6.15. The van der Waals surface area contributed by atoms with Gasteiger partial charge in [-0.2, -0.15) is 0 Å². The van der Waals surface area contributed by atoms with Crippen molar-refractivity contribution in [1.29, 1.82) is 0 Å². The third-order valence-electron chi connectivity index (χ3n) is 4.20. The summed E-state index contributed by atoms with van der Waals surface area (Å²) in [5.74, 6) is 3.58. The van der Waals surface area contributed by atoms with Crippen molar-refractivity contribution < 1.29 is 9.47 Å². The molecule has 104 valence electrons. The van der Waals surface area contributed by atoms with Crippen molar-refractivity contribution in [1.82, 2.24) is 5.32 Å². The van der Waals surface area contributed by atoms with Crippen molar-refractivity contribution in [3.05, 3.63) is 23.8 Å². The highest BCUT2D eigenvalue weighted by Gasteiger charge is 2.21. The standard InChI is InChI=1S/C16H23NO2/c1-12-5-6-13(9-12)10-17-11-14-3-2-4-15-16(14)19-8-7-18-15/h2-4,12-13,17H,5-11H2,1H3. The first-order valence-corrected chi connectivity index (χ1v) is 7.41. The summed E-state index contributed by atoms with van der Waals surface area (Å²) in [5.41, 5.74) is 1.21. The molecule has 3 rings (SSSR count). The van der Waals surface area contributed by atoms with Crippen LogP contribution in [0.4, 0.5) is 0 Å². The Morgan fingerprint density at radius 2 is 2.11 bits per heavy atom. The van der Waals surface area contributed by atoms with Gasteiger partial charge in [0, 0.05) is 12.1 Å². The van der Waals surface area contributed by atoms with Gasteiger partial charge in [0.05, 0.1) is 0 Å². The summed E-state index contributed by atoms with van der Waals surface area (Å²) in [4.78, 5) is 0. The number of ether oxygens (including phenoxy) is 2. The Morgan fingerprint density at radius 1 is 1.21 bits per heavy atom. The van der Waals surface area contributed by atoms with E-state index < -0.39 is 0 Å². The maximum Gasteiger partial charge on any atom is 0.165 e. The van der Waals surface area contributed by atoms with E-state index in [4.69, 9.17) is 9.47 Å². The zero-order valence-electron chi connectivity index (χ0n) is 11.7. The Kier molecular flexibility index (Phi) is 3.92. The second kappa shape index (κ2) is 5.83. The lowest BCUT2D eigenvalue weighted by atomic mass is 10.1. The van der Waals surface area contributed by atoms with Crippen LogP contribution in [0.2, 0.25) is 0 Å². The molecule has 0 bridgehead atoms. The van der Waals surface area contributed by atoms with Crippen LogP contribution in [0.3, 0.4) is 0 Å². The van der Waals surface area contributed by atoms with Gasteiger partial charge in [-0.15, -0.1) is 0 Å². The molecule has 2 unspecified atom stereocenters. The van der Waals surface area contributed by atoms with E-state index in [0.29, 0.717) is 13.2 Å². The maximum absolute atomic E-state index is 5.73. The van der Waals surface area contributed by atoms with Crippen molar-refractivity contribution in [2.24, 2.45) is 11.8 Å². The van der Waals surface area contributed by atoms with Gasteiger partial charge in [0.1, 0.15) is 13.2 Å². The van der Waals surface area contributed by atoms with Gasteiger partial charge in [0.15, 0.2) is 11.5 Å². The normalized spacial score (nSPS) is 25.5. The zero-order chi connectivity index (χ0) is 13.1. The van der Waals surface area contributed by atoms with Gasteiger partial charge < -0.3 is 14.8 Å². The molecular weight excluding hydrogens is 238 g/mol. The molecule has 0 aromatic heterocycles. The summed E-state index contributed by atoms with van der Waals surface area (Å²) in [5, 5.41) is 3.58. The number of para-hydroxylation sites is 1. The molecule has 2 aliphatic rings. The van der Waals surface area contributed by atoms with Crippen LogP contribution in [0.1, 0.15) is 31.7 Å². The average Bonchev–Trinajstić information content (AvgIpc) is 2.85. The number of hydrogen-bond donors (Lipinski definition) is 1. The van der Waals surface area contributed by atoms with Crippen LogP contribution >= 0.6 is 0 Å². The molecule has 1 aliphatic heterocycles. The van der Waals surface area contributed by atoms with Crippen LogP contribution in [0, 0.1) is 11.8 Å². The van der Waals surface area contributed by atoms with E-state index in [2.05, 4.69) is 18.3 Å². The minimum atomic E-state index is 0.657. The van der Waals surface area contributed by atoms with Gasteiger partial charge in [-0.25, -0.2) is 0 Å². The monoisotopic (exact) mass is 261 g/mol. The number of rotatable bonds is 4. The molecule has 1 aliphatic carbocycles. The van der Waals surface area contributed by atoms with Crippen molar-refractivity contribution in [3.63, 3.8) is 0 Å². The lowest BCUT2D eigenvalue weighted by Gasteiger charge is -2.21. The smallest absolute Gasteiger partial charge is 0.165 e. The first-order valence-electron chi connectivity index (χ1n) is 7.41. The van der Waals surface area contributed by atoms with Gasteiger partial charge in [-0.05, 0) is 37.3 Å². The Hall–Kier alpha value is -1.22. The molecule has 2 atom stereocenters. The fourth-order valence-corrected chi connectivity index (χ4v) is 3.19. The summed E-state index contributed by atoms with van der Waals surface area (Å²) in [6.07, 6.45) is 4.14. The summed E-state index contributed by atoms with van der Waals surface area (Å²) >= 11 is 0. The predicted molar refractivity (Wildman–Crippen MR) is 75.6 cm³/mol. The molecule has 0 spiro atoms. The minimum Gasteiger partial charge on any atom is -0.486 e. The van der Waals surface area contributed by atoms with E-state index >= 15 is 0 Å². The fraction of sp³-hybridized carbons (Fsp3) is 0.625. The molecule has 1 saturated carbocycles. The van der Waals surface area contributed by atoms with E-state index in [9.17, 15) is 0 Å². The van der Waals surface area contributed by atoms with Gasteiger partial charge in [0.25, 0.3) is 0 Å². The Morgan fingerprint density at radius 3 is 2.95 bits per heavy atom. The molecule has 0 saturated heterocycles. The molecule has 0 amide bonds. The minimum absolute atomic E-state index is 0.657. The zero-order valence-corrected chi connectivity index (χ0v) is 11.7. The molecule has 1 aromatic carbocycles. The Bertz CT molecular complexity index is 433. The van der Waals surface area contributed by atoms with E-state index in [-0.39, 0.29) is 0 Å². The summed E-state index contributed by atoms with van der Waals surface area (Å²) in [7, 11) is 0. The van der Waals surface area contributed by atoms with Crippen LogP contribution in [0.15, 0.2) is 18.2 Å². The molecule has 3 heteroatoms. The van der Waals surface area contributed by atoms with Crippen molar-refractivity contribution in [2.75, 3.05) is 19.8 Å². The van der Waals surface area contributed by atoms with Crippen molar-refractivity contribution in [2.45, 2.75) is 32.7 Å². The van der Waals surface area contributed by atoms with Crippen LogP contribution in [-0.4, -0.2) is 19.8 Å². The summed E-state index contributed by atoms with van der Waals surface area (Å²) < 4.78 is 11.3. The first-order chi connectivity index (χ1) is 9.33. The van der Waals surface area contributed by atoms with Crippen LogP contribution in [0.5, 0.6) is 11.5 Å². The van der Waals surface area contributed by atoms with Crippen molar-refractivity contribution in [3.8, 4) is 11.5 Å². The third-order valence-corrected chi connectivity index (χ3v) is 4.20. The Labute approximate surface area is 115 Å². The quantitative estimate of drug-likeness (QED) is 0.904. The molecule has 3 nitrogen and oxygen atoms in total. The van der Waals surface area contributed by atoms with E-state index in [1.807, 2.05) is 12.1 Å². The highest BCUT2D eigenvalue weighted by Crippen LogP contribution is 2.34.